The van der Waals surface area contributed by atoms with Crippen molar-refractivity contribution in [1.29, 1.82) is 0 Å². The lowest BCUT2D eigenvalue weighted by Crippen LogP contribution is -2.24. The summed E-state index contributed by atoms with van der Waals surface area (Å²) >= 11 is 0. The molecule has 0 saturated carbocycles. The Morgan fingerprint density at radius 3 is 2.72 bits per heavy atom. The van der Waals surface area contributed by atoms with Crippen LogP contribution in [0.4, 0.5) is 5.69 Å². The molecule has 18 heavy (non-hydrogen) atoms. The third kappa shape index (κ3) is 2.83. The van der Waals surface area contributed by atoms with Crippen molar-refractivity contribution in [1.82, 2.24) is 10.3 Å². The van der Waals surface area contributed by atoms with Crippen molar-refractivity contribution < 1.29 is 4.79 Å². The highest BCUT2D eigenvalue weighted by Gasteiger charge is 2.10. The highest BCUT2D eigenvalue weighted by Crippen LogP contribution is 2.11. The lowest BCUT2D eigenvalue weighted by molar-refractivity contribution is 0.0951. The Balaban J connectivity index is 2.04. The van der Waals surface area contributed by atoms with E-state index >= 15 is 0 Å². The Hall–Kier alpha value is -2.40. The third-order valence-corrected chi connectivity index (χ3v) is 2.52. The number of nitrogens with two attached hydrogens (primary N) is 1. The molecule has 0 atom stereocenters. The number of hydrogen-bond donors (Lipinski definition) is 3. The van der Waals surface area contributed by atoms with Crippen molar-refractivity contribution in [3.05, 3.63) is 59.9 Å². The van der Waals surface area contributed by atoms with E-state index in [4.69, 9.17) is 5.84 Å². The van der Waals surface area contributed by atoms with Crippen LogP contribution in [0.3, 0.4) is 0 Å². The second-order valence-corrected chi connectivity index (χ2v) is 3.73. The fourth-order valence-electron chi connectivity index (χ4n) is 1.57. The summed E-state index contributed by atoms with van der Waals surface area (Å²) in [5, 5.41) is 2.82. The van der Waals surface area contributed by atoms with Gasteiger partial charge in [-0.25, -0.2) is 0 Å². The summed E-state index contributed by atoms with van der Waals surface area (Å²) in [4.78, 5) is 15.9. The molecule has 0 saturated heterocycles. The minimum Gasteiger partial charge on any atom is -0.348 e. The standard InChI is InChI=1S/C13H14N4O/c14-17-12-6-7-15-9-11(12)13(18)16-8-10-4-2-1-3-5-10/h1-7,9H,8,14H2,(H,15,17)(H,16,18). The first kappa shape index (κ1) is 12.1. The lowest BCUT2D eigenvalue weighted by Gasteiger charge is -2.08. The van der Waals surface area contributed by atoms with E-state index in [1.807, 2.05) is 30.3 Å². The van der Waals surface area contributed by atoms with Crippen LogP contribution >= 0.6 is 0 Å². The molecular formula is C13H14N4O. The van der Waals surface area contributed by atoms with Crippen LogP contribution in [0.1, 0.15) is 15.9 Å². The molecule has 2 rings (SSSR count). The Bertz CT molecular complexity index is 528. The molecule has 5 heteroatoms. The molecule has 0 spiro atoms. The number of hydrazine groups is 1. The molecule has 0 fully saturated rings. The van der Waals surface area contributed by atoms with Crippen LogP contribution in [0.2, 0.25) is 0 Å². The number of carbonyl (C=O) groups excluding carboxylic acids is 1. The zero-order chi connectivity index (χ0) is 12.8. The third-order valence-electron chi connectivity index (χ3n) is 2.52. The molecule has 1 amide bonds. The number of benzene rings is 1. The lowest BCUT2D eigenvalue weighted by atomic mass is 10.2. The minimum absolute atomic E-state index is 0.208. The molecule has 1 heterocycles. The molecule has 0 bridgehead atoms. The summed E-state index contributed by atoms with van der Waals surface area (Å²) in [5.41, 5.74) is 4.49. The maximum Gasteiger partial charge on any atom is 0.255 e. The first-order chi connectivity index (χ1) is 8.81. The monoisotopic (exact) mass is 242 g/mol. The number of pyridine rings is 1. The van der Waals surface area contributed by atoms with Gasteiger partial charge in [0, 0.05) is 18.9 Å². The maximum atomic E-state index is 12.0. The molecule has 4 N–H and O–H groups in total. The number of carbonyl (C=O) groups is 1. The zero-order valence-corrected chi connectivity index (χ0v) is 9.76. The van der Waals surface area contributed by atoms with Crippen molar-refractivity contribution in [2.75, 3.05) is 5.43 Å². The predicted octanol–water partition coefficient (Wildman–Crippen LogP) is 1.30. The molecule has 1 aromatic carbocycles. The number of anilines is 1. The van der Waals surface area contributed by atoms with E-state index < -0.39 is 0 Å². The van der Waals surface area contributed by atoms with Gasteiger partial charge in [-0.2, -0.15) is 0 Å². The largest absolute Gasteiger partial charge is 0.348 e. The van der Waals surface area contributed by atoms with Crippen LogP contribution < -0.4 is 16.6 Å². The first-order valence-electron chi connectivity index (χ1n) is 5.54. The van der Waals surface area contributed by atoms with Gasteiger partial charge in [0.25, 0.3) is 5.91 Å². The molecule has 0 radical (unpaired) electrons. The van der Waals surface area contributed by atoms with Crippen molar-refractivity contribution in [2.45, 2.75) is 6.54 Å². The van der Waals surface area contributed by atoms with E-state index in [-0.39, 0.29) is 5.91 Å². The average Bonchev–Trinajstić information content (AvgIpc) is 2.45. The summed E-state index contributed by atoms with van der Waals surface area (Å²) < 4.78 is 0. The molecule has 0 aliphatic heterocycles. The second-order valence-electron chi connectivity index (χ2n) is 3.73. The minimum atomic E-state index is -0.208. The van der Waals surface area contributed by atoms with E-state index in [2.05, 4.69) is 15.7 Å². The van der Waals surface area contributed by atoms with Crippen LogP contribution in [0, 0.1) is 0 Å². The smallest absolute Gasteiger partial charge is 0.255 e. The molecule has 0 aliphatic rings. The van der Waals surface area contributed by atoms with Crippen LogP contribution in [-0.4, -0.2) is 10.9 Å². The number of nitrogens with zero attached hydrogens (tertiary/aromatic N) is 1. The summed E-state index contributed by atoms with van der Waals surface area (Å²) in [5.74, 6) is 5.13. The Morgan fingerprint density at radius 2 is 2.00 bits per heavy atom. The van der Waals surface area contributed by atoms with Crippen LogP contribution in [-0.2, 0) is 6.54 Å². The number of aromatic nitrogens is 1. The van der Waals surface area contributed by atoms with Gasteiger partial charge in [-0.05, 0) is 11.6 Å². The van der Waals surface area contributed by atoms with Crippen LogP contribution in [0.5, 0.6) is 0 Å². The molecule has 1 aromatic heterocycles. The quantitative estimate of drug-likeness (QED) is 0.557. The average molecular weight is 242 g/mol. The first-order valence-corrected chi connectivity index (χ1v) is 5.54. The van der Waals surface area contributed by atoms with Gasteiger partial charge in [0.05, 0.1) is 11.3 Å². The van der Waals surface area contributed by atoms with E-state index in [0.29, 0.717) is 17.8 Å². The molecule has 92 valence electrons. The highest BCUT2D eigenvalue weighted by molar-refractivity contribution is 5.99. The molecular weight excluding hydrogens is 228 g/mol. The van der Waals surface area contributed by atoms with Crippen molar-refractivity contribution in [3.63, 3.8) is 0 Å². The predicted molar refractivity (Wildman–Crippen MR) is 69.7 cm³/mol. The van der Waals surface area contributed by atoms with Crippen molar-refractivity contribution in [2.24, 2.45) is 5.84 Å². The molecule has 0 aliphatic carbocycles. The molecule has 5 nitrogen and oxygen atoms in total. The van der Waals surface area contributed by atoms with E-state index in [1.165, 1.54) is 6.20 Å². The van der Waals surface area contributed by atoms with E-state index in [0.717, 1.165) is 5.56 Å². The number of nitrogens with one attached hydrogen (secondary N) is 2. The molecule has 2 aromatic rings. The fraction of sp³-hybridized carbons (Fsp3) is 0.0769. The van der Waals surface area contributed by atoms with Gasteiger partial charge in [-0.3, -0.25) is 15.6 Å². The summed E-state index contributed by atoms with van der Waals surface area (Å²) in [7, 11) is 0. The van der Waals surface area contributed by atoms with E-state index in [9.17, 15) is 4.79 Å². The molecule has 0 unspecified atom stereocenters. The number of rotatable bonds is 4. The Labute approximate surface area is 105 Å². The number of amides is 1. The van der Waals surface area contributed by atoms with Crippen LogP contribution in [0.25, 0.3) is 0 Å². The van der Waals surface area contributed by atoms with Gasteiger partial charge < -0.3 is 10.7 Å². The van der Waals surface area contributed by atoms with Gasteiger partial charge in [-0.15, -0.1) is 0 Å². The van der Waals surface area contributed by atoms with Crippen molar-refractivity contribution in [3.8, 4) is 0 Å². The highest BCUT2D eigenvalue weighted by atomic mass is 16.1. The second kappa shape index (κ2) is 5.79. The summed E-state index contributed by atoms with van der Waals surface area (Å²) in [6, 6.07) is 11.3. The normalized spacial score (nSPS) is 9.83. The SMILES string of the molecule is NNc1ccncc1C(=O)NCc1ccccc1. The van der Waals surface area contributed by atoms with Gasteiger partial charge in [0.1, 0.15) is 0 Å². The van der Waals surface area contributed by atoms with Gasteiger partial charge in [-0.1, -0.05) is 30.3 Å². The number of hydrogen-bond acceptors (Lipinski definition) is 4. The Kier molecular flexibility index (Phi) is 3.88. The van der Waals surface area contributed by atoms with Gasteiger partial charge >= 0.3 is 0 Å². The number of nitrogen functional groups attached to an aromatic ring is 1. The summed E-state index contributed by atoms with van der Waals surface area (Å²) in [6.07, 6.45) is 3.05. The van der Waals surface area contributed by atoms with Crippen molar-refractivity contribution >= 4 is 11.6 Å². The zero-order valence-electron chi connectivity index (χ0n) is 9.76. The maximum absolute atomic E-state index is 12.0. The summed E-state index contributed by atoms with van der Waals surface area (Å²) in [6.45, 7) is 0.471. The Morgan fingerprint density at radius 1 is 1.22 bits per heavy atom. The fourth-order valence-corrected chi connectivity index (χ4v) is 1.57. The van der Waals surface area contributed by atoms with E-state index in [1.54, 1.807) is 12.3 Å². The van der Waals surface area contributed by atoms with Gasteiger partial charge in [0.15, 0.2) is 0 Å². The van der Waals surface area contributed by atoms with Gasteiger partial charge in [0.2, 0.25) is 0 Å². The van der Waals surface area contributed by atoms with Crippen LogP contribution in [0.15, 0.2) is 48.8 Å². The topological polar surface area (TPSA) is 80.0 Å².